The standard InChI is InChI=1S/C13H22N4OS.HI/c1-9(12-16-10(2)8-19-12)6-15-13(14)17-4-5-18-11(3)7-17;/h8-9,11H,4-7H2,1-3H3,(H2,14,15);1H. The number of hydrogen-bond donors (Lipinski definition) is 1. The number of ether oxygens (including phenoxy) is 1. The van der Waals surface area contributed by atoms with Crippen molar-refractivity contribution >= 4 is 41.3 Å². The number of aromatic nitrogens is 1. The van der Waals surface area contributed by atoms with Crippen LogP contribution in [0.25, 0.3) is 0 Å². The lowest BCUT2D eigenvalue weighted by molar-refractivity contribution is 0.00529. The number of nitrogens with zero attached hydrogens (tertiary/aromatic N) is 3. The molecule has 20 heavy (non-hydrogen) atoms. The van der Waals surface area contributed by atoms with Gasteiger partial charge in [0.1, 0.15) is 0 Å². The van der Waals surface area contributed by atoms with Gasteiger partial charge in [0.15, 0.2) is 5.96 Å². The molecule has 1 aliphatic heterocycles. The van der Waals surface area contributed by atoms with E-state index in [-0.39, 0.29) is 30.1 Å². The molecule has 1 fully saturated rings. The first kappa shape index (κ1) is 17.6. The van der Waals surface area contributed by atoms with E-state index in [1.54, 1.807) is 11.3 Å². The summed E-state index contributed by atoms with van der Waals surface area (Å²) >= 11 is 1.69. The van der Waals surface area contributed by atoms with Crippen molar-refractivity contribution in [1.82, 2.24) is 9.88 Å². The summed E-state index contributed by atoms with van der Waals surface area (Å²) in [6.45, 7) is 9.25. The predicted octanol–water partition coefficient (Wildman–Crippen LogP) is 2.21. The normalized spacial score (nSPS) is 21.4. The second-order valence-electron chi connectivity index (χ2n) is 5.05. The molecule has 2 rings (SSSR count). The monoisotopic (exact) mass is 410 g/mol. The highest BCUT2D eigenvalue weighted by Crippen LogP contribution is 2.20. The Labute approximate surface area is 141 Å². The van der Waals surface area contributed by atoms with Gasteiger partial charge in [-0.25, -0.2) is 4.98 Å². The van der Waals surface area contributed by atoms with Crippen LogP contribution in [0.3, 0.4) is 0 Å². The Morgan fingerprint density at radius 3 is 3.05 bits per heavy atom. The number of rotatable bonds is 3. The minimum atomic E-state index is 0. The molecule has 114 valence electrons. The fourth-order valence-corrected chi connectivity index (χ4v) is 2.88. The van der Waals surface area contributed by atoms with E-state index in [0.29, 0.717) is 18.4 Å². The highest BCUT2D eigenvalue weighted by molar-refractivity contribution is 14.0. The van der Waals surface area contributed by atoms with Crippen molar-refractivity contribution in [1.29, 1.82) is 0 Å². The van der Waals surface area contributed by atoms with Gasteiger partial charge >= 0.3 is 0 Å². The van der Waals surface area contributed by atoms with Crippen LogP contribution in [0.5, 0.6) is 0 Å². The van der Waals surface area contributed by atoms with Crippen molar-refractivity contribution in [3.05, 3.63) is 16.1 Å². The molecule has 2 heterocycles. The highest BCUT2D eigenvalue weighted by atomic mass is 127. The Morgan fingerprint density at radius 2 is 2.45 bits per heavy atom. The Bertz CT molecular complexity index is 451. The number of morpholine rings is 1. The molecule has 1 aromatic heterocycles. The number of nitrogens with two attached hydrogens (primary N) is 1. The fourth-order valence-electron chi connectivity index (χ4n) is 2.03. The van der Waals surface area contributed by atoms with E-state index in [9.17, 15) is 0 Å². The maximum absolute atomic E-state index is 6.05. The van der Waals surface area contributed by atoms with E-state index in [1.807, 2.05) is 6.92 Å². The molecule has 0 aliphatic carbocycles. The largest absolute Gasteiger partial charge is 0.375 e. The van der Waals surface area contributed by atoms with Crippen molar-refractivity contribution < 1.29 is 4.74 Å². The average molecular weight is 410 g/mol. The van der Waals surface area contributed by atoms with E-state index in [2.05, 4.69) is 34.1 Å². The van der Waals surface area contributed by atoms with Crippen LogP contribution in [0.1, 0.15) is 30.5 Å². The SMILES string of the molecule is Cc1csc(C(C)CN=C(N)N2CCOC(C)C2)n1.I. The minimum Gasteiger partial charge on any atom is -0.375 e. The predicted molar refractivity (Wildman–Crippen MR) is 94.2 cm³/mol. The maximum Gasteiger partial charge on any atom is 0.191 e. The summed E-state index contributed by atoms with van der Waals surface area (Å²) in [5.41, 5.74) is 7.12. The Hall–Kier alpha value is -0.410. The number of aliphatic imine (C=N–C) groups is 1. The third-order valence-corrected chi connectivity index (χ3v) is 4.34. The first-order valence-corrected chi connectivity index (χ1v) is 7.52. The van der Waals surface area contributed by atoms with Crippen molar-refractivity contribution in [3.8, 4) is 0 Å². The number of guanidine groups is 1. The summed E-state index contributed by atoms with van der Waals surface area (Å²) in [5.74, 6) is 0.936. The molecule has 7 heteroatoms. The van der Waals surface area contributed by atoms with Gasteiger partial charge in [-0.2, -0.15) is 0 Å². The highest BCUT2D eigenvalue weighted by Gasteiger charge is 2.18. The van der Waals surface area contributed by atoms with Crippen LogP contribution >= 0.6 is 35.3 Å². The van der Waals surface area contributed by atoms with Gasteiger partial charge in [-0.15, -0.1) is 35.3 Å². The molecule has 0 aromatic carbocycles. The zero-order valence-corrected chi connectivity index (χ0v) is 15.4. The van der Waals surface area contributed by atoms with Gasteiger partial charge in [0.25, 0.3) is 0 Å². The molecule has 0 amide bonds. The van der Waals surface area contributed by atoms with Gasteiger partial charge in [0, 0.05) is 30.1 Å². The van der Waals surface area contributed by atoms with Crippen molar-refractivity contribution in [2.75, 3.05) is 26.2 Å². The lowest BCUT2D eigenvalue weighted by Gasteiger charge is -2.31. The second-order valence-corrected chi connectivity index (χ2v) is 5.94. The van der Waals surface area contributed by atoms with Crippen LogP contribution in [0.2, 0.25) is 0 Å². The molecule has 0 bridgehead atoms. The third-order valence-electron chi connectivity index (χ3n) is 3.15. The summed E-state index contributed by atoms with van der Waals surface area (Å²) in [5, 5.41) is 3.20. The van der Waals surface area contributed by atoms with Crippen molar-refractivity contribution in [3.63, 3.8) is 0 Å². The third kappa shape index (κ3) is 4.85. The van der Waals surface area contributed by atoms with Gasteiger partial charge in [-0.1, -0.05) is 6.92 Å². The van der Waals surface area contributed by atoms with Gasteiger partial charge in [-0.3, -0.25) is 4.99 Å². The molecule has 0 saturated carbocycles. The lowest BCUT2D eigenvalue weighted by atomic mass is 10.2. The number of halogens is 1. The molecule has 0 spiro atoms. The minimum absolute atomic E-state index is 0. The molecule has 1 aromatic rings. The molecule has 1 aliphatic rings. The van der Waals surface area contributed by atoms with Gasteiger partial charge < -0.3 is 15.4 Å². The first-order chi connectivity index (χ1) is 9.06. The molecule has 1 saturated heterocycles. The molecular formula is C13H23IN4OS. The topological polar surface area (TPSA) is 63.7 Å². The summed E-state index contributed by atoms with van der Waals surface area (Å²) < 4.78 is 5.50. The summed E-state index contributed by atoms with van der Waals surface area (Å²) in [6.07, 6.45) is 0.224. The zero-order valence-electron chi connectivity index (χ0n) is 12.2. The lowest BCUT2D eigenvalue weighted by Crippen LogP contribution is -2.48. The second kappa shape index (κ2) is 8.14. The number of hydrogen-bond acceptors (Lipinski definition) is 4. The van der Waals surface area contributed by atoms with E-state index in [0.717, 1.165) is 30.4 Å². The molecule has 2 atom stereocenters. The summed E-state index contributed by atoms with van der Waals surface area (Å²) in [7, 11) is 0. The van der Waals surface area contributed by atoms with Gasteiger partial charge in [0.2, 0.25) is 0 Å². The fraction of sp³-hybridized carbons (Fsp3) is 0.692. The number of aryl methyl sites for hydroxylation is 1. The van der Waals surface area contributed by atoms with E-state index in [1.165, 1.54) is 0 Å². The Balaban J connectivity index is 0.00000200. The molecule has 0 radical (unpaired) electrons. The number of thiazole rings is 1. The Kier molecular flexibility index (Phi) is 7.18. The van der Waals surface area contributed by atoms with E-state index in [4.69, 9.17) is 10.5 Å². The average Bonchev–Trinajstić information content (AvgIpc) is 2.82. The van der Waals surface area contributed by atoms with Crippen LogP contribution in [0.4, 0.5) is 0 Å². The van der Waals surface area contributed by atoms with Crippen molar-refractivity contribution in [2.24, 2.45) is 10.7 Å². The molecule has 2 unspecified atom stereocenters. The summed E-state index contributed by atoms with van der Waals surface area (Å²) in [6, 6.07) is 0. The molecule has 5 nitrogen and oxygen atoms in total. The van der Waals surface area contributed by atoms with Crippen LogP contribution < -0.4 is 5.73 Å². The van der Waals surface area contributed by atoms with Crippen LogP contribution in [-0.4, -0.2) is 48.2 Å². The Morgan fingerprint density at radius 1 is 1.70 bits per heavy atom. The smallest absolute Gasteiger partial charge is 0.191 e. The zero-order chi connectivity index (χ0) is 13.8. The van der Waals surface area contributed by atoms with Gasteiger partial charge in [0.05, 0.1) is 24.3 Å². The maximum atomic E-state index is 6.05. The van der Waals surface area contributed by atoms with Gasteiger partial charge in [-0.05, 0) is 13.8 Å². The summed E-state index contributed by atoms with van der Waals surface area (Å²) in [4.78, 5) is 11.1. The van der Waals surface area contributed by atoms with Crippen LogP contribution in [0, 0.1) is 6.92 Å². The van der Waals surface area contributed by atoms with E-state index >= 15 is 0 Å². The van der Waals surface area contributed by atoms with Crippen LogP contribution in [0.15, 0.2) is 10.4 Å². The molecule has 2 N–H and O–H groups in total. The van der Waals surface area contributed by atoms with E-state index < -0.39 is 0 Å². The molecular weight excluding hydrogens is 387 g/mol. The van der Waals surface area contributed by atoms with Crippen molar-refractivity contribution in [2.45, 2.75) is 32.8 Å². The quantitative estimate of drug-likeness (QED) is 0.472. The first-order valence-electron chi connectivity index (χ1n) is 6.64. The van der Waals surface area contributed by atoms with Crippen LogP contribution in [-0.2, 0) is 4.74 Å².